The Morgan fingerprint density at radius 2 is 1.85 bits per heavy atom. The molecule has 0 aliphatic carbocycles. The molecule has 142 valence electrons. The SMILES string of the molecule is CC1=NC(c2[c-]c(Oc3[c-]c(N4C=CN(C)[CH-]4)ccc3)ccc2)[N+](C)=C1.[Pt]. The minimum atomic E-state index is -0.0475. The van der Waals surface area contributed by atoms with Gasteiger partial charge in [0.05, 0.1) is 0 Å². The summed E-state index contributed by atoms with van der Waals surface area (Å²) >= 11 is 0. The van der Waals surface area contributed by atoms with Crippen LogP contribution in [0.4, 0.5) is 5.69 Å². The van der Waals surface area contributed by atoms with Gasteiger partial charge in [0.25, 0.3) is 0 Å². The van der Waals surface area contributed by atoms with E-state index < -0.39 is 0 Å². The zero-order valence-corrected chi connectivity index (χ0v) is 17.6. The van der Waals surface area contributed by atoms with Crippen molar-refractivity contribution in [1.82, 2.24) is 4.90 Å². The molecule has 0 spiro atoms. The summed E-state index contributed by atoms with van der Waals surface area (Å²) in [6.45, 7) is 3.98. The molecule has 0 radical (unpaired) electrons. The first-order valence-corrected chi connectivity index (χ1v) is 8.46. The van der Waals surface area contributed by atoms with Gasteiger partial charge in [0.1, 0.15) is 12.8 Å². The molecule has 2 aromatic rings. The third-order valence-corrected chi connectivity index (χ3v) is 4.19. The second-order valence-electron chi connectivity index (χ2n) is 6.40. The number of anilines is 1. The van der Waals surface area contributed by atoms with E-state index in [1.807, 2.05) is 92.5 Å². The average molecular weight is 539 g/mol. The molecule has 0 N–H and O–H groups in total. The molecule has 5 nitrogen and oxygen atoms in total. The van der Waals surface area contributed by atoms with Gasteiger partial charge < -0.3 is 14.5 Å². The molecule has 2 aliphatic rings. The summed E-state index contributed by atoms with van der Waals surface area (Å²) in [7, 11) is 4.00. The van der Waals surface area contributed by atoms with Gasteiger partial charge in [-0.2, -0.15) is 24.9 Å². The van der Waals surface area contributed by atoms with Crippen LogP contribution in [0.3, 0.4) is 0 Å². The van der Waals surface area contributed by atoms with Gasteiger partial charge in [-0.3, -0.25) is 0 Å². The van der Waals surface area contributed by atoms with E-state index in [1.165, 1.54) is 0 Å². The molecule has 0 amide bonds. The Kier molecular flexibility index (Phi) is 5.81. The van der Waals surface area contributed by atoms with E-state index in [0.717, 1.165) is 17.0 Å². The van der Waals surface area contributed by atoms with Crippen molar-refractivity contribution in [3.05, 3.63) is 73.2 Å². The van der Waals surface area contributed by atoms with Crippen molar-refractivity contribution < 1.29 is 30.4 Å². The first-order chi connectivity index (χ1) is 12.6. The number of rotatable bonds is 4. The van der Waals surface area contributed by atoms with Gasteiger partial charge >= 0.3 is 0 Å². The summed E-state index contributed by atoms with van der Waals surface area (Å²) < 4.78 is 8.07. The van der Waals surface area contributed by atoms with E-state index in [2.05, 4.69) is 21.7 Å². The van der Waals surface area contributed by atoms with Gasteiger partial charge in [-0.1, -0.05) is 5.56 Å². The van der Waals surface area contributed by atoms with Gasteiger partial charge in [0, 0.05) is 32.6 Å². The van der Waals surface area contributed by atoms with E-state index in [9.17, 15) is 0 Å². The van der Waals surface area contributed by atoms with Crippen molar-refractivity contribution in [1.29, 1.82) is 0 Å². The summed E-state index contributed by atoms with van der Waals surface area (Å²) in [6.07, 6.45) is 5.94. The molecule has 0 fully saturated rings. The van der Waals surface area contributed by atoms with Crippen LogP contribution in [0.5, 0.6) is 11.5 Å². The first kappa shape index (κ1) is 19.4. The smallest absolute Gasteiger partial charge is 0.249 e. The fourth-order valence-electron chi connectivity index (χ4n) is 3.00. The van der Waals surface area contributed by atoms with E-state index in [0.29, 0.717) is 11.5 Å². The molecule has 2 aliphatic heterocycles. The predicted molar refractivity (Wildman–Crippen MR) is 102 cm³/mol. The maximum atomic E-state index is 6.00. The average Bonchev–Trinajstić information content (AvgIpc) is 3.20. The second-order valence-corrected chi connectivity index (χ2v) is 6.40. The van der Waals surface area contributed by atoms with Crippen LogP contribution >= 0.6 is 0 Å². The molecular weight excluding hydrogens is 519 g/mol. The molecule has 0 aromatic heterocycles. The van der Waals surface area contributed by atoms with Crippen LogP contribution < -0.4 is 9.64 Å². The molecule has 6 heteroatoms. The third-order valence-electron chi connectivity index (χ3n) is 4.19. The minimum Gasteiger partial charge on any atom is -0.510 e. The maximum absolute atomic E-state index is 6.00. The third kappa shape index (κ3) is 4.30. The Balaban J connectivity index is 0.00000210. The Morgan fingerprint density at radius 3 is 2.52 bits per heavy atom. The van der Waals surface area contributed by atoms with Crippen LogP contribution in [0.1, 0.15) is 18.7 Å². The molecule has 0 saturated carbocycles. The number of benzene rings is 2. The van der Waals surface area contributed by atoms with E-state index in [4.69, 9.17) is 4.74 Å². The van der Waals surface area contributed by atoms with Gasteiger partial charge in [0.2, 0.25) is 6.17 Å². The van der Waals surface area contributed by atoms with Gasteiger partial charge in [-0.25, -0.2) is 9.57 Å². The number of nitrogens with zero attached hydrogens (tertiary/aromatic N) is 4. The number of ether oxygens (including phenoxy) is 1. The van der Waals surface area contributed by atoms with Crippen LogP contribution in [-0.2, 0) is 21.1 Å². The largest absolute Gasteiger partial charge is 0.510 e. The van der Waals surface area contributed by atoms with Crippen molar-refractivity contribution in [3.8, 4) is 11.5 Å². The number of hydrogen-bond donors (Lipinski definition) is 0. The molecule has 0 bridgehead atoms. The van der Waals surface area contributed by atoms with E-state index in [1.54, 1.807) is 0 Å². The van der Waals surface area contributed by atoms with Crippen LogP contribution in [0.15, 0.2) is 53.8 Å². The number of aliphatic imine (C=N–C) groups is 1. The monoisotopic (exact) mass is 539 g/mol. The standard InChI is InChI=1S/C21H20N4O.Pt/c1-16-14-24(3)21(22-16)17-6-4-8-19(12-17)26-20-9-5-7-18(13-20)25-11-10-23(2)15-25;/h4-11,14-15,21H,1-3H3;/q-2;. The minimum absolute atomic E-state index is 0. The Hall–Kier alpha value is -2.39. The second kappa shape index (κ2) is 8.10. The quantitative estimate of drug-likeness (QED) is 0.440. The van der Waals surface area contributed by atoms with Crippen LogP contribution in [0.25, 0.3) is 0 Å². The molecular formula is C21H20N4OPt-2. The molecule has 2 heterocycles. The molecule has 1 atom stereocenters. The van der Waals surface area contributed by atoms with Crippen LogP contribution in [-0.4, -0.2) is 35.5 Å². The van der Waals surface area contributed by atoms with Crippen molar-refractivity contribution in [2.45, 2.75) is 13.1 Å². The summed E-state index contributed by atoms with van der Waals surface area (Å²) in [5.74, 6) is 1.31. The maximum Gasteiger partial charge on any atom is 0.249 e. The zero-order valence-electron chi connectivity index (χ0n) is 15.4. The van der Waals surface area contributed by atoms with Crippen LogP contribution in [0, 0.1) is 18.8 Å². The van der Waals surface area contributed by atoms with Gasteiger partial charge in [0.15, 0.2) is 6.21 Å². The molecule has 4 rings (SSSR count). The Bertz CT molecular complexity index is 922. The topological polar surface area (TPSA) is 31.1 Å². The summed E-state index contributed by atoms with van der Waals surface area (Å²) in [6, 6.07) is 18.3. The Labute approximate surface area is 174 Å². The van der Waals surface area contributed by atoms with Crippen LogP contribution in [0.2, 0.25) is 0 Å². The van der Waals surface area contributed by atoms with Crippen molar-refractivity contribution in [2.75, 3.05) is 19.0 Å². The van der Waals surface area contributed by atoms with E-state index in [-0.39, 0.29) is 27.2 Å². The number of hydrogen-bond acceptors (Lipinski definition) is 4. The fraction of sp³-hybridized carbons (Fsp3) is 0.190. The first-order valence-electron chi connectivity index (χ1n) is 8.46. The van der Waals surface area contributed by atoms with Gasteiger partial charge in [-0.05, 0) is 26.4 Å². The van der Waals surface area contributed by atoms with Crippen molar-refractivity contribution in [3.63, 3.8) is 0 Å². The summed E-state index contributed by atoms with van der Waals surface area (Å²) in [4.78, 5) is 8.61. The Morgan fingerprint density at radius 1 is 1.11 bits per heavy atom. The normalized spacial score (nSPS) is 18.3. The molecule has 1 unspecified atom stereocenters. The van der Waals surface area contributed by atoms with Crippen molar-refractivity contribution >= 4 is 17.6 Å². The molecule has 27 heavy (non-hydrogen) atoms. The van der Waals surface area contributed by atoms with Crippen molar-refractivity contribution in [2.24, 2.45) is 4.99 Å². The summed E-state index contributed by atoms with van der Waals surface area (Å²) in [5, 5.41) is 0. The fourth-order valence-corrected chi connectivity index (χ4v) is 3.00. The molecule has 2 aromatic carbocycles. The molecule has 0 saturated heterocycles. The van der Waals surface area contributed by atoms with E-state index >= 15 is 0 Å². The summed E-state index contributed by atoms with van der Waals surface area (Å²) in [5.41, 5.74) is 2.91. The zero-order chi connectivity index (χ0) is 18.1. The predicted octanol–water partition coefficient (Wildman–Crippen LogP) is 3.61. The van der Waals surface area contributed by atoms with Gasteiger partial charge in [-0.15, -0.1) is 36.0 Å².